The zero-order chi connectivity index (χ0) is 37.2. The van der Waals surface area contributed by atoms with Crippen molar-refractivity contribution in [2.45, 2.75) is 12.3 Å². The summed E-state index contributed by atoms with van der Waals surface area (Å²) >= 11 is 0. The molecule has 2 nitrogen and oxygen atoms in total. The molecule has 1 aromatic heterocycles. The van der Waals surface area contributed by atoms with Crippen LogP contribution < -0.4 is 4.90 Å². The van der Waals surface area contributed by atoms with E-state index in [1.54, 1.807) is 0 Å². The molecule has 2 heteroatoms. The Balaban J connectivity index is 1.14. The summed E-state index contributed by atoms with van der Waals surface area (Å²) in [6.07, 6.45) is 0. The monoisotopic (exact) mass is 715 g/mol. The summed E-state index contributed by atoms with van der Waals surface area (Å²) in [5.41, 5.74) is 15.7. The molecule has 1 aliphatic rings. The van der Waals surface area contributed by atoms with Gasteiger partial charge in [0, 0.05) is 27.7 Å². The summed E-state index contributed by atoms with van der Waals surface area (Å²) in [7, 11) is 0. The minimum atomic E-state index is -0.417. The van der Waals surface area contributed by atoms with Gasteiger partial charge in [-0.3, -0.25) is 0 Å². The quantitative estimate of drug-likeness (QED) is 0.170. The topological polar surface area (TPSA) is 16.4 Å². The first kappa shape index (κ1) is 32.3. The maximum absolute atomic E-state index is 7.02. The first-order valence-electron chi connectivity index (χ1n) is 19.3. The molecule has 0 atom stereocenters. The normalized spacial score (nSPS) is 12.9. The van der Waals surface area contributed by atoms with E-state index < -0.39 is 5.41 Å². The molecule has 0 spiro atoms. The molecule has 0 bridgehead atoms. The van der Waals surface area contributed by atoms with E-state index in [1.165, 1.54) is 55.3 Å². The van der Waals surface area contributed by atoms with Crippen molar-refractivity contribution in [3.63, 3.8) is 0 Å². The lowest BCUT2D eigenvalue weighted by Gasteiger charge is -2.31. The van der Waals surface area contributed by atoms with Crippen LogP contribution in [0.4, 0.5) is 17.1 Å². The van der Waals surface area contributed by atoms with Crippen LogP contribution in [0.5, 0.6) is 0 Å². The molecular weight excluding hydrogens is 679 g/mol. The van der Waals surface area contributed by atoms with E-state index in [2.05, 4.69) is 218 Å². The van der Waals surface area contributed by atoms with E-state index in [0.29, 0.717) is 0 Å². The lowest BCUT2D eigenvalue weighted by atomic mass is 9.73. The molecule has 11 rings (SSSR count). The Morgan fingerprint density at radius 1 is 0.393 bits per heavy atom. The van der Waals surface area contributed by atoms with Gasteiger partial charge in [0.1, 0.15) is 11.2 Å². The number of hydrogen-bond donors (Lipinski definition) is 0. The van der Waals surface area contributed by atoms with Gasteiger partial charge in [0.15, 0.2) is 0 Å². The molecule has 0 aliphatic heterocycles. The van der Waals surface area contributed by atoms with Gasteiger partial charge >= 0.3 is 0 Å². The van der Waals surface area contributed by atoms with E-state index >= 15 is 0 Å². The minimum Gasteiger partial charge on any atom is -0.456 e. The van der Waals surface area contributed by atoms with Crippen LogP contribution in [0.25, 0.3) is 66.1 Å². The standard InChI is InChI=1S/C54H37NO/c1-54(47-23-10-7-19-44(47)45-20-8-11-24-48(45)54)49-34-35-50(52-46-21-9-12-25-51(46)56-53(49)52)55(40-30-26-37(27-31-40)36-14-3-2-4-15-36)41-32-28-39(29-33-41)43-22-13-17-38-16-5-6-18-42(38)43/h2-35H,1H3. The van der Waals surface area contributed by atoms with Crippen molar-refractivity contribution >= 4 is 49.8 Å². The van der Waals surface area contributed by atoms with Crippen LogP contribution in [0, 0.1) is 0 Å². The third kappa shape index (κ3) is 4.89. The number of rotatable bonds is 6. The number of hydrogen-bond acceptors (Lipinski definition) is 2. The molecule has 0 unspecified atom stereocenters. The zero-order valence-corrected chi connectivity index (χ0v) is 31.0. The van der Waals surface area contributed by atoms with Crippen molar-refractivity contribution in [2.24, 2.45) is 0 Å². The second-order valence-electron chi connectivity index (χ2n) is 15.0. The molecule has 9 aromatic carbocycles. The third-order valence-corrected chi connectivity index (χ3v) is 12.0. The van der Waals surface area contributed by atoms with Crippen LogP contribution >= 0.6 is 0 Å². The van der Waals surface area contributed by atoms with Gasteiger partial charge in [-0.1, -0.05) is 170 Å². The van der Waals surface area contributed by atoms with Crippen molar-refractivity contribution < 1.29 is 4.42 Å². The molecule has 0 N–H and O–H groups in total. The van der Waals surface area contributed by atoms with Gasteiger partial charge in [-0.15, -0.1) is 0 Å². The molecule has 56 heavy (non-hydrogen) atoms. The number of para-hydroxylation sites is 1. The maximum atomic E-state index is 7.02. The predicted molar refractivity (Wildman–Crippen MR) is 234 cm³/mol. The van der Waals surface area contributed by atoms with Crippen LogP contribution in [-0.4, -0.2) is 0 Å². The lowest BCUT2D eigenvalue weighted by Crippen LogP contribution is -2.23. The molecule has 1 aliphatic carbocycles. The maximum Gasteiger partial charge on any atom is 0.141 e. The zero-order valence-electron chi connectivity index (χ0n) is 31.0. The van der Waals surface area contributed by atoms with E-state index in [1.807, 2.05) is 0 Å². The SMILES string of the molecule is CC1(c2ccc(N(c3ccc(-c4ccccc4)cc3)c3ccc(-c4cccc5ccccc45)cc3)c3c2oc2ccccc23)c2ccccc2-c2ccccc21. The fraction of sp³-hybridized carbons (Fsp3) is 0.0370. The lowest BCUT2D eigenvalue weighted by molar-refractivity contribution is 0.638. The fourth-order valence-corrected chi connectivity index (χ4v) is 9.26. The predicted octanol–water partition coefficient (Wildman–Crippen LogP) is 14.9. The number of benzene rings is 9. The first-order valence-corrected chi connectivity index (χ1v) is 19.3. The van der Waals surface area contributed by atoms with Crippen LogP contribution in [0.1, 0.15) is 23.6 Å². The van der Waals surface area contributed by atoms with Crippen molar-refractivity contribution in [1.82, 2.24) is 0 Å². The van der Waals surface area contributed by atoms with Gasteiger partial charge in [-0.2, -0.15) is 0 Å². The van der Waals surface area contributed by atoms with E-state index in [-0.39, 0.29) is 0 Å². The van der Waals surface area contributed by atoms with Crippen LogP contribution in [0.15, 0.2) is 211 Å². The van der Waals surface area contributed by atoms with E-state index in [0.717, 1.165) is 44.6 Å². The highest BCUT2D eigenvalue weighted by molar-refractivity contribution is 6.15. The summed E-state index contributed by atoms with van der Waals surface area (Å²) in [6, 6.07) is 74.6. The number of fused-ring (bicyclic) bond motifs is 7. The highest BCUT2D eigenvalue weighted by Crippen LogP contribution is 2.55. The Bertz CT molecular complexity index is 3030. The summed E-state index contributed by atoms with van der Waals surface area (Å²) in [4.78, 5) is 2.40. The fourth-order valence-electron chi connectivity index (χ4n) is 9.26. The highest BCUT2D eigenvalue weighted by Gasteiger charge is 2.42. The first-order chi connectivity index (χ1) is 27.7. The third-order valence-electron chi connectivity index (χ3n) is 12.0. The second-order valence-corrected chi connectivity index (χ2v) is 15.0. The number of anilines is 3. The smallest absolute Gasteiger partial charge is 0.141 e. The van der Waals surface area contributed by atoms with Gasteiger partial charge in [-0.25, -0.2) is 0 Å². The minimum absolute atomic E-state index is 0.417. The number of nitrogens with zero attached hydrogens (tertiary/aromatic N) is 1. The van der Waals surface area contributed by atoms with Gasteiger partial charge in [-0.05, 0) is 98.6 Å². The van der Waals surface area contributed by atoms with Crippen LogP contribution in [0.3, 0.4) is 0 Å². The van der Waals surface area contributed by atoms with E-state index in [9.17, 15) is 0 Å². The van der Waals surface area contributed by atoms with Gasteiger partial charge in [0.2, 0.25) is 0 Å². The van der Waals surface area contributed by atoms with Gasteiger partial charge in [0.05, 0.1) is 11.1 Å². The highest BCUT2D eigenvalue weighted by atomic mass is 16.3. The van der Waals surface area contributed by atoms with Gasteiger partial charge in [0.25, 0.3) is 0 Å². The Kier molecular flexibility index (Phi) is 7.33. The van der Waals surface area contributed by atoms with Crippen molar-refractivity contribution in [2.75, 3.05) is 4.90 Å². The van der Waals surface area contributed by atoms with E-state index in [4.69, 9.17) is 4.42 Å². The van der Waals surface area contributed by atoms with Crippen molar-refractivity contribution in [3.8, 4) is 33.4 Å². The molecule has 0 saturated carbocycles. The molecular formula is C54H37NO. The Hall–Kier alpha value is -7.16. The molecule has 10 aromatic rings. The molecule has 0 amide bonds. The van der Waals surface area contributed by atoms with Crippen molar-refractivity contribution in [1.29, 1.82) is 0 Å². The molecule has 0 saturated heterocycles. The summed E-state index contributed by atoms with van der Waals surface area (Å²) < 4.78 is 7.02. The Morgan fingerprint density at radius 2 is 0.929 bits per heavy atom. The van der Waals surface area contributed by atoms with Gasteiger partial charge < -0.3 is 9.32 Å². The van der Waals surface area contributed by atoms with Crippen LogP contribution in [0.2, 0.25) is 0 Å². The van der Waals surface area contributed by atoms with Crippen molar-refractivity contribution in [3.05, 3.63) is 223 Å². The summed E-state index contributed by atoms with van der Waals surface area (Å²) in [5, 5.41) is 4.69. The van der Waals surface area contributed by atoms with Crippen LogP contribution in [-0.2, 0) is 5.41 Å². The molecule has 0 fully saturated rings. The summed E-state index contributed by atoms with van der Waals surface area (Å²) in [5.74, 6) is 0. The second kappa shape index (κ2) is 12.7. The summed E-state index contributed by atoms with van der Waals surface area (Å²) in [6.45, 7) is 2.37. The Labute approximate surface area is 326 Å². The Morgan fingerprint density at radius 3 is 1.64 bits per heavy atom. The molecule has 1 heterocycles. The average Bonchev–Trinajstić information content (AvgIpc) is 3.78. The average molecular weight is 716 g/mol. The largest absolute Gasteiger partial charge is 0.456 e. The number of furan rings is 1. The molecule has 0 radical (unpaired) electrons. The molecule has 264 valence electrons.